The van der Waals surface area contributed by atoms with E-state index >= 15 is 0 Å². The highest BCUT2D eigenvalue weighted by Gasteiger charge is 2.31. The quantitative estimate of drug-likeness (QED) is 0.372. The number of guanidine groups is 1. The van der Waals surface area contributed by atoms with Gasteiger partial charge < -0.3 is 19.7 Å². The van der Waals surface area contributed by atoms with Crippen LogP contribution in [-0.2, 0) is 9.47 Å². The number of hydrogen-bond donors (Lipinski definition) is 1. The van der Waals surface area contributed by atoms with Crippen LogP contribution in [0.5, 0.6) is 0 Å². The third-order valence-electron chi connectivity index (χ3n) is 6.28. The molecule has 162 valence electrons. The standard InChI is InChI=1S/C22H34N4O2.HI/c1-23-22(26-9-7-18(17-26)16-25-10-13-27-14-11-25)24-15-20-8-12-28-21(20)19-5-3-2-4-6-19;/h2-6,18,20-21H,7-17H2,1H3,(H,23,24);1H. The molecule has 3 heterocycles. The Morgan fingerprint density at radius 2 is 1.90 bits per heavy atom. The molecule has 0 spiro atoms. The van der Waals surface area contributed by atoms with E-state index in [0.29, 0.717) is 5.92 Å². The fourth-order valence-corrected chi connectivity index (χ4v) is 4.73. The van der Waals surface area contributed by atoms with Crippen LogP contribution in [0.1, 0.15) is 24.5 Å². The molecule has 3 fully saturated rings. The van der Waals surface area contributed by atoms with Gasteiger partial charge in [-0.25, -0.2) is 0 Å². The topological polar surface area (TPSA) is 49.3 Å². The molecule has 0 saturated carbocycles. The van der Waals surface area contributed by atoms with Crippen LogP contribution in [0.2, 0.25) is 0 Å². The van der Waals surface area contributed by atoms with Gasteiger partial charge in [-0.2, -0.15) is 0 Å². The van der Waals surface area contributed by atoms with Gasteiger partial charge in [-0.1, -0.05) is 30.3 Å². The molecule has 1 aromatic rings. The van der Waals surface area contributed by atoms with E-state index in [-0.39, 0.29) is 30.1 Å². The van der Waals surface area contributed by atoms with Crippen LogP contribution < -0.4 is 5.32 Å². The van der Waals surface area contributed by atoms with E-state index in [2.05, 4.69) is 50.4 Å². The number of hydrogen-bond acceptors (Lipinski definition) is 4. The maximum Gasteiger partial charge on any atom is 0.193 e. The molecule has 3 saturated heterocycles. The molecule has 3 unspecified atom stereocenters. The molecule has 1 N–H and O–H groups in total. The summed E-state index contributed by atoms with van der Waals surface area (Å²) in [7, 11) is 1.90. The number of ether oxygens (including phenoxy) is 2. The number of benzene rings is 1. The number of halogens is 1. The zero-order valence-corrected chi connectivity index (χ0v) is 19.8. The number of rotatable bonds is 5. The zero-order chi connectivity index (χ0) is 19.2. The zero-order valence-electron chi connectivity index (χ0n) is 17.5. The van der Waals surface area contributed by atoms with Crippen molar-refractivity contribution in [2.75, 3.05) is 66.1 Å². The van der Waals surface area contributed by atoms with Crippen molar-refractivity contribution in [3.63, 3.8) is 0 Å². The largest absolute Gasteiger partial charge is 0.379 e. The molecule has 0 aromatic heterocycles. The summed E-state index contributed by atoms with van der Waals surface area (Å²) in [4.78, 5) is 9.55. The molecule has 3 aliphatic heterocycles. The molecule has 29 heavy (non-hydrogen) atoms. The highest BCUT2D eigenvalue weighted by molar-refractivity contribution is 14.0. The summed E-state index contributed by atoms with van der Waals surface area (Å²) in [5.74, 6) is 2.26. The van der Waals surface area contributed by atoms with Crippen LogP contribution in [-0.4, -0.2) is 81.9 Å². The Morgan fingerprint density at radius 1 is 1.10 bits per heavy atom. The first-order chi connectivity index (χ1) is 13.8. The van der Waals surface area contributed by atoms with Gasteiger partial charge >= 0.3 is 0 Å². The molecule has 7 heteroatoms. The second-order valence-corrected chi connectivity index (χ2v) is 8.19. The average molecular weight is 514 g/mol. The van der Waals surface area contributed by atoms with Crippen LogP contribution in [0.15, 0.2) is 35.3 Å². The van der Waals surface area contributed by atoms with Crippen molar-refractivity contribution in [1.29, 1.82) is 0 Å². The molecule has 0 bridgehead atoms. The number of likely N-dealkylation sites (tertiary alicyclic amines) is 1. The Kier molecular flexibility index (Phi) is 9.02. The number of nitrogens with zero attached hydrogens (tertiary/aromatic N) is 3. The minimum absolute atomic E-state index is 0. The minimum atomic E-state index is 0. The molecule has 1 aromatic carbocycles. The summed E-state index contributed by atoms with van der Waals surface area (Å²) in [5, 5.41) is 3.64. The van der Waals surface area contributed by atoms with Crippen molar-refractivity contribution < 1.29 is 9.47 Å². The molecule has 4 rings (SSSR count). The fourth-order valence-electron chi connectivity index (χ4n) is 4.73. The summed E-state index contributed by atoms with van der Waals surface area (Å²) in [6, 6.07) is 10.6. The molecular formula is C22H35IN4O2. The molecule has 0 aliphatic carbocycles. The predicted octanol–water partition coefficient (Wildman–Crippen LogP) is 2.61. The summed E-state index contributed by atoms with van der Waals surface area (Å²) in [6.07, 6.45) is 2.54. The summed E-state index contributed by atoms with van der Waals surface area (Å²) in [5.41, 5.74) is 1.29. The van der Waals surface area contributed by atoms with Gasteiger partial charge in [-0.3, -0.25) is 9.89 Å². The van der Waals surface area contributed by atoms with E-state index in [1.807, 2.05) is 7.05 Å². The lowest BCUT2D eigenvalue weighted by Crippen LogP contribution is -2.43. The molecule has 3 aliphatic rings. The Balaban J connectivity index is 0.00000240. The van der Waals surface area contributed by atoms with E-state index in [9.17, 15) is 0 Å². The van der Waals surface area contributed by atoms with E-state index in [4.69, 9.17) is 9.47 Å². The number of morpholine rings is 1. The van der Waals surface area contributed by atoms with Crippen molar-refractivity contribution in [2.24, 2.45) is 16.8 Å². The smallest absolute Gasteiger partial charge is 0.193 e. The SMILES string of the molecule is CN=C(NCC1CCOC1c1ccccc1)N1CCC(CN2CCOCC2)C1.I. The second kappa shape index (κ2) is 11.5. The first-order valence-corrected chi connectivity index (χ1v) is 10.8. The summed E-state index contributed by atoms with van der Waals surface area (Å²) >= 11 is 0. The second-order valence-electron chi connectivity index (χ2n) is 8.19. The first kappa shape index (κ1) is 22.8. The fraction of sp³-hybridized carbons (Fsp3) is 0.682. The highest BCUT2D eigenvalue weighted by atomic mass is 127. The van der Waals surface area contributed by atoms with Crippen molar-refractivity contribution in [2.45, 2.75) is 18.9 Å². The summed E-state index contributed by atoms with van der Waals surface area (Å²) in [6.45, 7) is 9.05. The summed E-state index contributed by atoms with van der Waals surface area (Å²) < 4.78 is 11.5. The maximum absolute atomic E-state index is 6.04. The van der Waals surface area contributed by atoms with Crippen molar-refractivity contribution >= 4 is 29.9 Å². The lowest BCUT2D eigenvalue weighted by atomic mass is 9.95. The Bertz CT molecular complexity index is 639. The van der Waals surface area contributed by atoms with Crippen LogP contribution in [0, 0.1) is 11.8 Å². The average Bonchev–Trinajstić information content (AvgIpc) is 3.40. The molecule has 0 radical (unpaired) electrons. The number of aliphatic imine (C=N–C) groups is 1. The normalized spacial score (nSPS) is 28.4. The maximum atomic E-state index is 6.04. The molecule has 3 atom stereocenters. The first-order valence-electron chi connectivity index (χ1n) is 10.8. The van der Waals surface area contributed by atoms with Gasteiger partial charge in [-0.05, 0) is 24.3 Å². The Hall–Kier alpha value is -0.900. The molecule has 0 amide bonds. The minimum Gasteiger partial charge on any atom is -0.379 e. The van der Waals surface area contributed by atoms with Crippen molar-refractivity contribution in [1.82, 2.24) is 15.1 Å². The van der Waals surface area contributed by atoms with Gasteiger partial charge in [0.2, 0.25) is 0 Å². The van der Waals surface area contributed by atoms with Gasteiger partial charge in [-0.15, -0.1) is 24.0 Å². The van der Waals surface area contributed by atoms with E-state index in [1.165, 1.54) is 18.5 Å². The number of nitrogens with one attached hydrogen (secondary N) is 1. The molecule has 6 nitrogen and oxygen atoms in total. The van der Waals surface area contributed by atoms with E-state index in [1.54, 1.807) is 0 Å². The third kappa shape index (κ3) is 6.06. The monoisotopic (exact) mass is 514 g/mol. The van der Waals surface area contributed by atoms with Crippen LogP contribution in [0.3, 0.4) is 0 Å². The van der Waals surface area contributed by atoms with E-state index < -0.39 is 0 Å². The van der Waals surface area contributed by atoms with Crippen molar-refractivity contribution in [3.8, 4) is 0 Å². The van der Waals surface area contributed by atoms with Gasteiger partial charge in [0.15, 0.2) is 5.96 Å². The van der Waals surface area contributed by atoms with Crippen LogP contribution in [0.4, 0.5) is 0 Å². The van der Waals surface area contributed by atoms with Gasteiger partial charge in [0.25, 0.3) is 0 Å². The Morgan fingerprint density at radius 3 is 2.66 bits per heavy atom. The predicted molar refractivity (Wildman–Crippen MR) is 127 cm³/mol. The third-order valence-corrected chi connectivity index (χ3v) is 6.28. The Labute approximate surface area is 192 Å². The van der Waals surface area contributed by atoms with Crippen LogP contribution >= 0.6 is 24.0 Å². The van der Waals surface area contributed by atoms with Gasteiger partial charge in [0.05, 0.1) is 19.3 Å². The lowest BCUT2D eigenvalue weighted by molar-refractivity contribution is 0.0315. The van der Waals surface area contributed by atoms with Crippen molar-refractivity contribution in [3.05, 3.63) is 35.9 Å². The van der Waals surface area contributed by atoms with Gasteiger partial charge in [0.1, 0.15) is 0 Å². The van der Waals surface area contributed by atoms with Gasteiger partial charge in [0, 0.05) is 58.8 Å². The van der Waals surface area contributed by atoms with Crippen LogP contribution in [0.25, 0.3) is 0 Å². The lowest BCUT2D eigenvalue weighted by Gasteiger charge is -2.29. The molecular weight excluding hydrogens is 479 g/mol. The highest BCUT2D eigenvalue weighted by Crippen LogP contribution is 2.34. The van der Waals surface area contributed by atoms with E-state index in [0.717, 1.165) is 70.8 Å².